The fourth-order valence-corrected chi connectivity index (χ4v) is 5.30. The number of hydrogen-bond acceptors (Lipinski definition) is 5. The summed E-state index contributed by atoms with van der Waals surface area (Å²) in [6.45, 7) is 0.930. The normalized spacial score (nSPS) is 15.0. The van der Waals surface area contributed by atoms with Gasteiger partial charge in [-0.15, -0.1) is 0 Å². The second-order valence-corrected chi connectivity index (χ2v) is 9.77. The van der Waals surface area contributed by atoms with E-state index in [4.69, 9.17) is 17.4 Å². The minimum Gasteiger partial charge on any atom is -0.336 e. The number of carbonyl (C=O) groups excluding carboxylic acids is 2. The SMILES string of the molecule is NNC(=O)c1ccc(C(=O)N2CCN(S(=O)(=O)c3ccc4cc(Cl)ccc4c3)CC2)cc1. The fraction of sp³-hybridized carbons (Fsp3) is 0.182. The number of carbonyl (C=O) groups is 2. The molecule has 0 saturated carbocycles. The van der Waals surface area contributed by atoms with E-state index in [0.29, 0.717) is 16.1 Å². The lowest BCUT2D eigenvalue weighted by molar-refractivity contribution is 0.0697. The minimum atomic E-state index is -3.69. The molecule has 4 rings (SSSR count). The molecule has 0 spiro atoms. The molecule has 3 N–H and O–H groups in total. The van der Waals surface area contributed by atoms with E-state index in [1.807, 2.05) is 5.43 Å². The zero-order valence-corrected chi connectivity index (χ0v) is 18.6. The lowest BCUT2D eigenvalue weighted by Crippen LogP contribution is -2.50. The van der Waals surface area contributed by atoms with Crippen LogP contribution in [0.25, 0.3) is 10.8 Å². The molecule has 0 radical (unpaired) electrons. The van der Waals surface area contributed by atoms with E-state index in [1.165, 1.54) is 16.4 Å². The molecule has 0 aromatic heterocycles. The van der Waals surface area contributed by atoms with Crippen LogP contribution in [0.4, 0.5) is 0 Å². The molecule has 10 heteroatoms. The maximum atomic E-state index is 13.1. The third-order valence-electron chi connectivity index (χ3n) is 5.46. The molecule has 1 aliphatic heterocycles. The van der Waals surface area contributed by atoms with E-state index in [2.05, 4.69) is 0 Å². The highest BCUT2D eigenvalue weighted by molar-refractivity contribution is 7.89. The summed E-state index contributed by atoms with van der Waals surface area (Å²) in [7, 11) is -3.69. The second kappa shape index (κ2) is 8.87. The first-order chi connectivity index (χ1) is 15.3. The van der Waals surface area contributed by atoms with Crippen LogP contribution in [0, 0.1) is 0 Å². The summed E-state index contributed by atoms with van der Waals surface area (Å²) in [5, 5.41) is 2.24. The maximum absolute atomic E-state index is 13.1. The molecule has 3 aromatic rings. The van der Waals surface area contributed by atoms with E-state index in [1.54, 1.807) is 53.4 Å². The first-order valence-electron chi connectivity index (χ1n) is 9.89. The number of rotatable bonds is 4. The monoisotopic (exact) mass is 472 g/mol. The molecule has 32 heavy (non-hydrogen) atoms. The van der Waals surface area contributed by atoms with Crippen molar-refractivity contribution in [2.75, 3.05) is 26.2 Å². The number of nitrogens with zero attached hydrogens (tertiary/aromatic N) is 2. The summed E-state index contributed by atoms with van der Waals surface area (Å²) in [6.07, 6.45) is 0. The number of halogens is 1. The first-order valence-corrected chi connectivity index (χ1v) is 11.7. The van der Waals surface area contributed by atoms with Crippen LogP contribution in [0.15, 0.2) is 65.6 Å². The number of hydrogen-bond donors (Lipinski definition) is 2. The predicted octanol–water partition coefficient (Wildman–Crippen LogP) is 2.24. The molecule has 3 aromatic carbocycles. The van der Waals surface area contributed by atoms with Crippen LogP contribution < -0.4 is 11.3 Å². The highest BCUT2D eigenvalue weighted by atomic mass is 35.5. The Bertz CT molecular complexity index is 1290. The van der Waals surface area contributed by atoms with E-state index in [-0.39, 0.29) is 37.0 Å². The molecule has 0 bridgehead atoms. The Morgan fingerprint density at radius 3 is 2.09 bits per heavy atom. The Kier molecular flexibility index (Phi) is 6.16. The van der Waals surface area contributed by atoms with Gasteiger partial charge < -0.3 is 4.90 Å². The number of piperazine rings is 1. The van der Waals surface area contributed by atoms with Crippen LogP contribution >= 0.6 is 11.6 Å². The lowest BCUT2D eigenvalue weighted by atomic mass is 10.1. The third-order valence-corrected chi connectivity index (χ3v) is 7.59. The Balaban J connectivity index is 1.45. The fourth-order valence-electron chi connectivity index (χ4n) is 3.67. The Morgan fingerprint density at radius 2 is 1.44 bits per heavy atom. The van der Waals surface area contributed by atoms with E-state index in [0.717, 1.165) is 10.8 Å². The molecule has 0 unspecified atom stereocenters. The maximum Gasteiger partial charge on any atom is 0.265 e. The molecular formula is C22H21ClN4O4S. The largest absolute Gasteiger partial charge is 0.336 e. The van der Waals surface area contributed by atoms with Crippen LogP contribution in [0.5, 0.6) is 0 Å². The average Bonchev–Trinajstić information content (AvgIpc) is 2.82. The van der Waals surface area contributed by atoms with Crippen LogP contribution in [0.1, 0.15) is 20.7 Å². The Hall–Kier alpha value is -2.98. The van der Waals surface area contributed by atoms with Crippen LogP contribution in [0.2, 0.25) is 5.02 Å². The van der Waals surface area contributed by atoms with Gasteiger partial charge >= 0.3 is 0 Å². The third kappa shape index (κ3) is 4.33. The van der Waals surface area contributed by atoms with Crippen molar-refractivity contribution in [1.82, 2.24) is 14.6 Å². The van der Waals surface area contributed by atoms with Crippen molar-refractivity contribution >= 4 is 44.2 Å². The standard InChI is InChI=1S/C22H21ClN4O4S/c23-19-7-5-18-14-20(8-6-17(18)13-19)32(30,31)27-11-9-26(10-12-27)22(29)16-3-1-15(2-4-16)21(28)25-24/h1-8,13-14H,9-12,24H2,(H,25,28). The summed E-state index contributed by atoms with van der Waals surface area (Å²) in [6, 6.07) is 16.4. The molecule has 1 heterocycles. The zero-order chi connectivity index (χ0) is 22.9. The quantitative estimate of drug-likeness (QED) is 0.343. The van der Waals surface area contributed by atoms with Crippen LogP contribution in [-0.4, -0.2) is 55.6 Å². The number of hydrazine groups is 1. The molecule has 1 aliphatic rings. The zero-order valence-electron chi connectivity index (χ0n) is 17.0. The summed E-state index contributed by atoms with van der Waals surface area (Å²) < 4.78 is 27.6. The molecule has 2 amide bonds. The van der Waals surface area contributed by atoms with Gasteiger partial charge in [0.1, 0.15) is 0 Å². The number of sulfonamides is 1. The number of amides is 2. The number of fused-ring (bicyclic) bond motifs is 1. The number of nitrogen functional groups attached to an aromatic ring is 1. The summed E-state index contributed by atoms with van der Waals surface area (Å²) in [5.74, 6) is 4.45. The highest BCUT2D eigenvalue weighted by Gasteiger charge is 2.30. The van der Waals surface area contributed by atoms with Crippen molar-refractivity contribution in [3.63, 3.8) is 0 Å². The average molecular weight is 473 g/mol. The van der Waals surface area contributed by atoms with Crippen molar-refractivity contribution in [2.24, 2.45) is 5.84 Å². The number of nitrogens with one attached hydrogen (secondary N) is 1. The summed E-state index contributed by atoms with van der Waals surface area (Å²) in [5.41, 5.74) is 2.80. The predicted molar refractivity (Wildman–Crippen MR) is 122 cm³/mol. The topological polar surface area (TPSA) is 113 Å². The van der Waals surface area contributed by atoms with Gasteiger partial charge in [0.25, 0.3) is 11.8 Å². The minimum absolute atomic E-state index is 0.195. The molecule has 1 fully saturated rings. The van der Waals surface area contributed by atoms with Gasteiger partial charge in [-0.25, -0.2) is 14.3 Å². The smallest absolute Gasteiger partial charge is 0.265 e. The van der Waals surface area contributed by atoms with E-state index in [9.17, 15) is 18.0 Å². The van der Waals surface area contributed by atoms with Crippen molar-refractivity contribution in [1.29, 1.82) is 0 Å². The van der Waals surface area contributed by atoms with Gasteiger partial charge in [0.05, 0.1) is 4.90 Å². The lowest BCUT2D eigenvalue weighted by Gasteiger charge is -2.34. The Labute approximate surface area is 190 Å². The van der Waals surface area contributed by atoms with Gasteiger partial charge in [-0.2, -0.15) is 4.31 Å². The number of benzene rings is 3. The van der Waals surface area contributed by atoms with Crippen LogP contribution in [-0.2, 0) is 10.0 Å². The van der Waals surface area contributed by atoms with Crippen molar-refractivity contribution < 1.29 is 18.0 Å². The van der Waals surface area contributed by atoms with E-state index < -0.39 is 15.9 Å². The van der Waals surface area contributed by atoms with Crippen molar-refractivity contribution in [2.45, 2.75) is 4.90 Å². The highest BCUT2D eigenvalue weighted by Crippen LogP contribution is 2.25. The van der Waals surface area contributed by atoms with Crippen LogP contribution in [0.3, 0.4) is 0 Å². The molecular weight excluding hydrogens is 452 g/mol. The van der Waals surface area contributed by atoms with Gasteiger partial charge in [-0.05, 0) is 59.3 Å². The second-order valence-electron chi connectivity index (χ2n) is 7.40. The Morgan fingerprint density at radius 1 is 0.844 bits per heavy atom. The number of nitrogens with two attached hydrogens (primary N) is 1. The van der Waals surface area contributed by atoms with Gasteiger partial charge in [0.2, 0.25) is 10.0 Å². The van der Waals surface area contributed by atoms with Gasteiger partial charge in [-0.1, -0.05) is 23.7 Å². The summed E-state index contributed by atoms with van der Waals surface area (Å²) in [4.78, 5) is 26.1. The molecule has 1 saturated heterocycles. The first kappa shape index (κ1) is 22.2. The van der Waals surface area contributed by atoms with Gasteiger partial charge in [0, 0.05) is 42.3 Å². The molecule has 166 valence electrons. The molecule has 0 atom stereocenters. The molecule has 8 nitrogen and oxygen atoms in total. The van der Waals surface area contributed by atoms with Crippen molar-refractivity contribution in [3.8, 4) is 0 Å². The van der Waals surface area contributed by atoms with Crippen molar-refractivity contribution in [3.05, 3.63) is 76.8 Å². The van der Waals surface area contributed by atoms with Gasteiger partial charge in [0.15, 0.2) is 0 Å². The summed E-state index contributed by atoms with van der Waals surface area (Å²) >= 11 is 6.00. The van der Waals surface area contributed by atoms with E-state index >= 15 is 0 Å². The van der Waals surface area contributed by atoms with Gasteiger partial charge in [-0.3, -0.25) is 15.0 Å². The molecule has 0 aliphatic carbocycles.